The van der Waals surface area contributed by atoms with Crippen LogP contribution in [0.3, 0.4) is 0 Å². The molecule has 210 valence electrons. The summed E-state index contributed by atoms with van der Waals surface area (Å²) in [6.45, 7) is 9.03. The smallest absolute Gasteiger partial charge is 0.295 e. The number of aliphatic hydroxyl groups excluding tert-OH is 1. The molecule has 7 nitrogen and oxygen atoms in total. The van der Waals surface area contributed by atoms with E-state index in [1.165, 1.54) is 17.6 Å². The molecule has 0 spiro atoms. The lowest BCUT2D eigenvalue weighted by molar-refractivity contribution is -0.140. The molecular formula is C33H37NO6. The van der Waals surface area contributed by atoms with Crippen molar-refractivity contribution in [2.24, 2.45) is 0 Å². The summed E-state index contributed by atoms with van der Waals surface area (Å²) in [5, 5.41) is 11.5. The van der Waals surface area contributed by atoms with Gasteiger partial charge in [0.1, 0.15) is 23.9 Å². The molecular weight excluding hydrogens is 506 g/mol. The summed E-state index contributed by atoms with van der Waals surface area (Å²) >= 11 is 0. The van der Waals surface area contributed by atoms with Crippen LogP contribution in [0.25, 0.3) is 5.76 Å². The van der Waals surface area contributed by atoms with Gasteiger partial charge in [0, 0.05) is 24.8 Å². The van der Waals surface area contributed by atoms with E-state index in [2.05, 4.69) is 0 Å². The molecule has 1 aliphatic rings. The van der Waals surface area contributed by atoms with E-state index in [1.807, 2.05) is 82.3 Å². The first-order valence-corrected chi connectivity index (χ1v) is 13.3. The zero-order chi connectivity index (χ0) is 29.0. The molecule has 7 heteroatoms. The first-order chi connectivity index (χ1) is 19.0. The Bertz CT molecular complexity index is 1400. The number of nitrogens with zero attached hydrogens (tertiary/aromatic N) is 1. The second-order valence-corrected chi connectivity index (χ2v) is 11.0. The molecule has 4 rings (SSSR count). The van der Waals surface area contributed by atoms with Crippen molar-refractivity contribution in [2.75, 3.05) is 27.4 Å². The van der Waals surface area contributed by atoms with Crippen LogP contribution in [-0.4, -0.2) is 49.1 Å². The van der Waals surface area contributed by atoms with Gasteiger partial charge in [-0.1, -0.05) is 62.7 Å². The van der Waals surface area contributed by atoms with Crippen LogP contribution in [-0.2, 0) is 26.3 Å². The Morgan fingerprint density at radius 2 is 1.62 bits per heavy atom. The summed E-state index contributed by atoms with van der Waals surface area (Å²) in [5.74, 6) is -0.291. The van der Waals surface area contributed by atoms with Crippen molar-refractivity contribution in [3.05, 3.63) is 100 Å². The van der Waals surface area contributed by atoms with Crippen LogP contribution < -0.4 is 9.47 Å². The van der Waals surface area contributed by atoms with Gasteiger partial charge in [0.05, 0.1) is 25.3 Å². The van der Waals surface area contributed by atoms with E-state index in [-0.39, 0.29) is 29.9 Å². The number of rotatable bonds is 9. The van der Waals surface area contributed by atoms with Crippen LogP contribution >= 0.6 is 0 Å². The molecule has 40 heavy (non-hydrogen) atoms. The van der Waals surface area contributed by atoms with Crippen molar-refractivity contribution in [1.82, 2.24) is 4.90 Å². The highest BCUT2D eigenvalue weighted by atomic mass is 16.5. The Labute approximate surface area is 236 Å². The highest BCUT2D eigenvalue weighted by molar-refractivity contribution is 6.46. The molecule has 0 bridgehead atoms. The molecule has 0 aliphatic carbocycles. The van der Waals surface area contributed by atoms with Gasteiger partial charge in [-0.25, -0.2) is 0 Å². The maximum absolute atomic E-state index is 13.3. The van der Waals surface area contributed by atoms with Crippen LogP contribution in [0.1, 0.15) is 54.6 Å². The van der Waals surface area contributed by atoms with Gasteiger partial charge in [-0.05, 0) is 53.8 Å². The van der Waals surface area contributed by atoms with E-state index < -0.39 is 17.7 Å². The molecule has 3 aromatic carbocycles. The second-order valence-electron chi connectivity index (χ2n) is 11.0. The van der Waals surface area contributed by atoms with Crippen LogP contribution in [0.2, 0.25) is 0 Å². The van der Waals surface area contributed by atoms with Gasteiger partial charge in [0.2, 0.25) is 0 Å². The number of amides is 1. The number of methoxy groups -OCH3 is 2. The van der Waals surface area contributed by atoms with E-state index in [0.29, 0.717) is 29.2 Å². The Balaban J connectivity index is 1.72. The first kappa shape index (κ1) is 28.9. The fraction of sp³-hybridized carbons (Fsp3) is 0.333. The van der Waals surface area contributed by atoms with Crippen LogP contribution in [0.4, 0.5) is 0 Å². The highest BCUT2D eigenvalue weighted by Crippen LogP contribution is 2.41. The van der Waals surface area contributed by atoms with Crippen molar-refractivity contribution >= 4 is 17.4 Å². The maximum atomic E-state index is 13.3. The van der Waals surface area contributed by atoms with Crippen LogP contribution in [0, 0.1) is 6.92 Å². The van der Waals surface area contributed by atoms with Crippen molar-refractivity contribution in [3.63, 3.8) is 0 Å². The van der Waals surface area contributed by atoms with E-state index >= 15 is 0 Å². The third-order valence-corrected chi connectivity index (χ3v) is 7.08. The van der Waals surface area contributed by atoms with Gasteiger partial charge in [-0.3, -0.25) is 9.59 Å². The minimum atomic E-state index is -0.776. The predicted octanol–water partition coefficient (Wildman–Crippen LogP) is 5.95. The Morgan fingerprint density at radius 3 is 2.23 bits per heavy atom. The summed E-state index contributed by atoms with van der Waals surface area (Å²) in [5.41, 5.74) is 4.00. The van der Waals surface area contributed by atoms with E-state index in [9.17, 15) is 14.7 Å². The van der Waals surface area contributed by atoms with E-state index in [4.69, 9.17) is 14.2 Å². The lowest BCUT2D eigenvalue weighted by Crippen LogP contribution is -2.32. The predicted molar refractivity (Wildman–Crippen MR) is 155 cm³/mol. The molecule has 0 aromatic heterocycles. The molecule has 0 saturated carbocycles. The molecule has 1 amide bonds. The molecule has 1 saturated heterocycles. The molecule has 0 radical (unpaired) electrons. The number of Topliss-reactive ketones (excluding diaryl/α,β-unsaturated/α-hetero) is 1. The second kappa shape index (κ2) is 12.0. The largest absolute Gasteiger partial charge is 0.507 e. The minimum Gasteiger partial charge on any atom is -0.507 e. The highest BCUT2D eigenvalue weighted by Gasteiger charge is 2.46. The monoisotopic (exact) mass is 543 g/mol. The number of benzene rings is 3. The van der Waals surface area contributed by atoms with Gasteiger partial charge in [-0.2, -0.15) is 0 Å². The fourth-order valence-electron chi connectivity index (χ4n) is 4.84. The first-order valence-electron chi connectivity index (χ1n) is 13.3. The van der Waals surface area contributed by atoms with Gasteiger partial charge < -0.3 is 24.2 Å². The number of ether oxygens (including phenoxy) is 3. The Kier molecular flexibility index (Phi) is 8.64. The Hall–Kier alpha value is -4.10. The molecule has 1 atom stereocenters. The van der Waals surface area contributed by atoms with Crippen molar-refractivity contribution < 1.29 is 28.9 Å². The fourth-order valence-corrected chi connectivity index (χ4v) is 4.84. The Morgan fingerprint density at radius 1 is 0.950 bits per heavy atom. The molecule has 1 aliphatic heterocycles. The number of hydrogen-bond donors (Lipinski definition) is 1. The lowest BCUT2D eigenvalue weighted by atomic mass is 9.84. The van der Waals surface area contributed by atoms with Crippen LogP contribution in [0.5, 0.6) is 11.5 Å². The van der Waals surface area contributed by atoms with Gasteiger partial charge >= 0.3 is 0 Å². The molecule has 1 N–H and O–H groups in total. The van der Waals surface area contributed by atoms with Gasteiger partial charge in [0.15, 0.2) is 0 Å². The summed E-state index contributed by atoms with van der Waals surface area (Å²) in [6, 6.07) is 19.9. The SMILES string of the molecule is COCCN1C(=O)C(=O)/C(=C(\O)c2ccc(OC)c(C(C)(C)C)c2)C1c1ccc(OCc2ccc(C)cc2)cc1. The number of aliphatic hydroxyl groups is 1. The zero-order valence-corrected chi connectivity index (χ0v) is 24.0. The van der Waals surface area contributed by atoms with Gasteiger partial charge in [-0.15, -0.1) is 0 Å². The average Bonchev–Trinajstić information content (AvgIpc) is 3.19. The normalized spacial score (nSPS) is 16.9. The van der Waals surface area contributed by atoms with Crippen molar-refractivity contribution in [2.45, 2.75) is 45.8 Å². The standard InChI is InChI=1S/C33H37NO6/c1-21-7-9-22(10-8-21)20-40-25-14-11-23(12-15-25)29-28(31(36)32(37)34(29)17-18-38-5)30(35)24-13-16-27(39-6)26(19-24)33(2,3)4/h7-16,19,29,35H,17-18,20H2,1-6H3/b30-28-. The van der Waals surface area contributed by atoms with Crippen molar-refractivity contribution in [3.8, 4) is 11.5 Å². The number of carbonyl (C=O) groups excluding carboxylic acids is 2. The molecule has 1 heterocycles. The quantitative estimate of drug-likeness (QED) is 0.204. The van der Waals surface area contributed by atoms with E-state index in [0.717, 1.165) is 11.1 Å². The average molecular weight is 544 g/mol. The number of ketones is 1. The zero-order valence-electron chi connectivity index (χ0n) is 24.0. The number of carbonyl (C=O) groups is 2. The molecule has 3 aromatic rings. The van der Waals surface area contributed by atoms with Crippen LogP contribution in [0.15, 0.2) is 72.3 Å². The van der Waals surface area contributed by atoms with Crippen molar-refractivity contribution in [1.29, 1.82) is 0 Å². The topological polar surface area (TPSA) is 85.3 Å². The van der Waals surface area contributed by atoms with E-state index in [1.54, 1.807) is 19.2 Å². The minimum absolute atomic E-state index is 0.0412. The molecule has 1 fully saturated rings. The van der Waals surface area contributed by atoms with Gasteiger partial charge in [0.25, 0.3) is 11.7 Å². The summed E-state index contributed by atoms with van der Waals surface area (Å²) in [7, 11) is 3.14. The third kappa shape index (κ3) is 6.05. The molecule has 1 unspecified atom stereocenters. The summed E-state index contributed by atoms with van der Waals surface area (Å²) in [6.07, 6.45) is 0. The number of aryl methyl sites for hydroxylation is 1. The summed E-state index contributed by atoms with van der Waals surface area (Å²) in [4.78, 5) is 27.9. The third-order valence-electron chi connectivity index (χ3n) is 7.08. The number of likely N-dealkylation sites (tertiary alicyclic amines) is 1. The lowest BCUT2D eigenvalue weighted by Gasteiger charge is -2.26. The summed E-state index contributed by atoms with van der Waals surface area (Å²) < 4.78 is 16.7. The number of hydrogen-bond acceptors (Lipinski definition) is 6. The maximum Gasteiger partial charge on any atom is 0.295 e.